The van der Waals surface area contributed by atoms with E-state index in [1.807, 2.05) is 0 Å². The van der Waals surface area contributed by atoms with Crippen LogP contribution in [0.1, 0.15) is 24.5 Å². The summed E-state index contributed by atoms with van der Waals surface area (Å²) in [6.07, 6.45) is 3.46. The maximum Gasteiger partial charge on any atom is 0.122 e. The normalized spacial score (nSPS) is 26.2. The molecule has 2 heterocycles. The number of rotatable bonds is 5. The minimum atomic E-state index is 0.613. The molecule has 3 unspecified atom stereocenters. The van der Waals surface area contributed by atoms with Crippen molar-refractivity contribution in [2.45, 2.75) is 42.7 Å². The van der Waals surface area contributed by atoms with Crippen LogP contribution in [-0.2, 0) is 12.8 Å². The molecule has 21 heavy (non-hydrogen) atoms. The van der Waals surface area contributed by atoms with E-state index in [-0.39, 0.29) is 0 Å². The molecular formula is C17H25NOS2. The first-order valence-corrected chi connectivity index (χ1v) is 10.0. The molecule has 116 valence electrons. The van der Waals surface area contributed by atoms with E-state index in [2.05, 4.69) is 61.0 Å². The molecule has 2 aliphatic rings. The lowest BCUT2D eigenvalue weighted by molar-refractivity contribution is 0.357. The lowest BCUT2D eigenvalue weighted by atomic mass is 9.99. The average Bonchev–Trinajstić information content (AvgIpc) is 2.97. The van der Waals surface area contributed by atoms with E-state index in [1.165, 1.54) is 29.1 Å². The Bertz CT molecular complexity index is 480. The summed E-state index contributed by atoms with van der Waals surface area (Å²) in [4.78, 5) is 0. The van der Waals surface area contributed by atoms with Gasteiger partial charge in [0.15, 0.2) is 0 Å². The van der Waals surface area contributed by atoms with Crippen molar-refractivity contribution in [3.8, 4) is 5.75 Å². The number of aryl methyl sites for hydroxylation is 1. The van der Waals surface area contributed by atoms with Crippen molar-refractivity contribution in [3.63, 3.8) is 0 Å². The van der Waals surface area contributed by atoms with Crippen LogP contribution < -0.4 is 10.1 Å². The first kappa shape index (κ1) is 15.6. The average molecular weight is 324 g/mol. The molecule has 0 radical (unpaired) electrons. The molecule has 0 aromatic heterocycles. The van der Waals surface area contributed by atoms with E-state index >= 15 is 0 Å². The molecule has 1 aromatic rings. The molecule has 1 saturated heterocycles. The van der Waals surface area contributed by atoms with E-state index < -0.39 is 0 Å². The smallest absolute Gasteiger partial charge is 0.122 e. The highest BCUT2D eigenvalue weighted by atomic mass is 32.2. The molecule has 2 aliphatic heterocycles. The predicted molar refractivity (Wildman–Crippen MR) is 95.0 cm³/mol. The van der Waals surface area contributed by atoms with Gasteiger partial charge in [-0.3, -0.25) is 0 Å². The molecule has 4 heteroatoms. The fourth-order valence-electron chi connectivity index (χ4n) is 3.28. The van der Waals surface area contributed by atoms with E-state index in [9.17, 15) is 0 Å². The number of thioether (sulfide) groups is 2. The SMILES string of the molecule is CNC(CCc1ccc2c(c1)CCO2)C1SCCSC1C. The monoisotopic (exact) mass is 323 g/mol. The van der Waals surface area contributed by atoms with E-state index in [4.69, 9.17) is 4.74 Å². The van der Waals surface area contributed by atoms with Crippen molar-refractivity contribution in [2.24, 2.45) is 0 Å². The van der Waals surface area contributed by atoms with Gasteiger partial charge in [-0.15, -0.1) is 0 Å². The molecule has 0 aliphatic carbocycles. The summed E-state index contributed by atoms with van der Waals surface area (Å²) in [5, 5.41) is 5.07. The summed E-state index contributed by atoms with van der Waals surface area (Å²) in [6, 6.07) is 7.35. The predicted octanol–water partition coefficient (Wildman–Crippen LogP) is 3.38. The Morgan fingerprint density at radius 2 is 2.19 bits per heavy atom. The van der Waals surface area contributed by atoms with Gasteiger partial charge in [-0.25, -0.2) is 0 Å². The second-order valence-corrected chi connectivity index (χ2v) is 8.66. The van der Waals surface area contributed by atoms with Crippen molar-refractivity contribution in [2.75, 3.05) is 25.2 Å². The van der Waals surface area contributed by atoms with Gasteiger partial charge in [0.05, 0.1) is 6.61 Å². The molecule has 0 bridgehead atoms. The maximum atomic E-state index is 5.59. The van der Waals surface area contributed by atoms with Crippen molar-refractivity contribution >= 4 is 23.5 Å². The van der Waals surface area contributed by atoms with Gasteiger partial charge in [0, 0.05) is 34.5 Å². The van der Waals surface area contributed by atoms with Crippen LogP contribution in [0.15, 0.2) is 18.2 Å². The Morgan fingerprint density at radius 3 is 3.00 bits per heavy atom. The van der Waals surface area contributed by atoms with Crippen LogP contribution in [0.25, 0.3) is 0 Å². The zero-order valence-corrected chi connectivity index (χ0v) is 14.6. The van der Waals surface area contributed by atoms with Gasteiger partial charge in [0.1, 0.15) is 5.75 Å². The lowest BCUT2D eigenvalue weighted by Crippen LogP contribution is -2.43. The van der Waals surface area contributed by atoms with Crippen molar-refractivity contribution in [3.05, 3.63) is 29.3 Å². The van der Waals surface area contributed by atoms with Crippen LogP contribution in [0.4, 0.5) is 0 Å². The zero-order chi connectivity index (χ0) is 14.7. The Hall–Kier alpha value is -0.320. The number of hydrogen-bond acceptors (Lipinski definition) is 4. The molecule has 2 nitrogen and oxygen atoms in total. The van der Waals surface area contributed by atoms with Crippen LogP contribution in [-0.4, -0.2) is 41.7 Å². The van der Waals surface area contributed by atoms with Gasteiger partial charge in [0.25, 0.3) is 0 Å². The highest BCUT2D eigenvalue weighted by molar-refractivity contribution is 8.07. The number of benzene rings is 1. The van der Waals surface area contributed by atoms with Crippen molar-refractivity contribution in [1.29, 1.82) is 0 Å². The molecule has 0 saturated carbocycles. The largest absolute Gasteiger partial charge is 0.493 e. The number of ether oxygens (including phenoxy) is 1. The van der Waals surface area contributed by atoms with Gasteiger partial charge in [-0.05, 0) is 37.1 Å². The van der Waals surface area contributed by atoms with Crippen LogP contribution in [0, 0.1) is 0 Å². The van der Waals surface area contributed by atoms with Gasteiger partial charge in [-0.2, -0.15) is 23.5 Å². The fourth-order valence-corrected chi connectivity index (χ4v) is 6.32. The minimum Gasteiger partial charge on any atom is -0.493 e. The van der Waals surface area contributed by atoms with Crippen LogP contribution in [0.2, 0.25) is 0 Å². The van der Waals surface area contributed by atoms with Gasteiger partial charge >= 0.3 is 0 Å². The van der Waals surface area contributed by atoms with E-state index in [0.717, 1.165) is 35.7 Å². The Kier molecular flexibility index (Phi) is 5.41. The maximum absolute atomic E-state index is 5.59. The van der Waals surface area contributed by atoms with Crippen LogP contribution in [0.5, 0.6) is 5.75 Å². The standard InChI is InChI=1S/C17H25NOS2/c1-12-17(21-10-9-20-12)15(18-2)5-3-13-4-6-16-14(11-13)7-8-19-16/h4,6,11-12,15,17-18H,3,5,7-10H2,1-2H3. The second-order valence-electron chi connectivity index (χ2n) is 5.89. The third kappa shape index (κ3) is 3.72. The Morgan fingerprint density at radius 1 is 1.33 bits per heavy atom. The Labute approximate surface area is 136 Å². The van der Waals surface area contributed by atoms with Crippen LogP contribution >= 0.6 is 23.5 Å². The molecule has 0 spiro atoms. The molecular weight excluding hydrogens is 298 g/mol. The second kappa shape index (κ2) is 7.30. The quantitative estimate of drug-likeness (QED) is 0.896. The highest BCUT2D eigenvalue weighted by Crippen LogP contribution is 2.34. The highest BCUT2D eigenvalue weighted by Gasteiger charge is 2.29. The molecule has 1 N–H and O–H groups in total. The molecule has 3 atom stereocenters. The first-order valence-electron chi connectivity index (χ1n) is 7.93. The molecule has 3 rings (SSSR count). The van der Waals surface area contributed by atoms with Crippen LogP contribution in [0.3, 0.4) is 0 Å². The minimum absolute atomic E-state index is 0.613. The molecule has 1 fully saturated rings. The fraction of sp³-hybridized carbons (Fsp3) is 0.647. The third-order valence-electron chi connectivity index (χ3n) is 4.50. The Balaban J connectivity index is 1.59. The molecule has 0 amide bonds. The van der Waals surface area contributed by atoms with Gasteiger partial charge < -0.3 is 10.1 Å². The third-order valence-corrected chi connectivity index (χ3v) is 7.75. The number of hydrogen-bond donors (Lipinski definition) is 1. The van der Waals surface area contributed by atoms with E-state index in [0.29, 0.717) is 6.04 Å². The number of nitrogens with one attached hydrogen (secondary N) is 1. The summed E-state index contributed by atoms with van der Waals surface area (Å²) >= 11 is 4.29. The van der Waals surface area contributed by atoms with Crippen molar-refractivity contribution < 1.29 is 4.74 Å². The van der Waals surface area contributed by atoms with Gasteiger partial charge in [-0.1, -0.05) is 19.1 Å². The van der Waals surface area contributed by atoms with E-state index in [1.54, 1.807) is 0 Å². The summed E-state index contributed by atoms with van der Waals surface area (Å²) < 4.78 is 5.59. The molecule has 1 aromatic carbocycles. The summed E-state index contributed by atoms with van der Waals surface area (Å²) in [5.41, 5.74) is 2.85. The van der Waals surface area contributed by atoms with Crippen molar-refractivity contribution in [1.82, 2.24) is 5.32 Å². The summed E-state index contributed by atoms with van der Waals surface area (Å²) in [5.74, 6) is 3.70. The zero-order valence-electron chi connectivity index (χ0n) is 12.9. The summed E-state index contributed by atoms with van der Waals surface area (Å²) in [6.45, 7) is 3.24. The number of fused-ring (bicyclic) bond motifs is 1. The van der Waals surface area contributed by atoms with Gasteiger partial charge in [0.2, 0.25) is 0 Å². The topological polar surface area (TPSA) is 21.3 Å². The lowest BCUT2D eigenvalue weighted by Gasteiger charge is -2.34. The first-order chi connectivity index (χ1) is 10.3. The summed E-state index contributed by atoms with van der Waals surface area (Å²) in [7, 11) is 2.12.